The van der Waals surface area contributed by atoms with Gasteiger partial charge in [-0.3, -0.25) is 9.59 Å². The number of benzene rings is 1. The van der Waals surface area contributed by atoms with E-state index in [-0.39, 0.29) is 17.0 Å². The van der Waals surface area contributed by atoms with Gasteiger partial charge in [0.05, 0.1) is 11.3 Å². The molecule has 0 saturated heterocycles. The molecule has 0 aliphatic carbocycles. The molecule has 1 aromatic carbocycles. The molecular formula is C16H12ClN3O2S. The zero-order chi connectivity index (χ0) is 16.6. The third-order valence-electron chi connectivity index (χ3n) is 3.37. The molecule has 5 nitrogen and oxygen atoms in total. The van der Waals surface area contributed by atoms with Crippen LogP contribution >= 0.6 is 22.9 Å². The van der Waals surface area contributed by atoms with Crippen LogP contribution in [0.3, 0.4) is 0 Å². The molecule has 0 amide bonds. The molecule has 23 heavy (non-hydrogen) atoms. The largest absolute Gasteiger partial charge is 0.293 e. The Hall–Kier alpha value is -2.31. The summed E-state index contributed by atoms with van der Waals surface area (Å²) >= 11 is 7.34. The first-order valence-corrected chi connectivity index (χ1v) is 8.05. The highest BCUT2D eigenvalue weighted by atomic mass is 35.5. The highest BCUT2D eigenvalue weighted by Gasteiger charge is 2.20. The Balaban J connectivity index is 2.38. The van der Waals surface area contributed by atoms with Crippen molar-refractivity contribution in [3.05, 3.63) is 62.5 Å². The first-order valence-electron chi connectivity index (χ1n) is 6.79. The highest BCUT2D eigenvalue weighted by Crippen LogP contribution is 2.24. The van der Waals surface area contributed by atoms with Crippen LogP contribution in [-0.2, 0) is 0 Å². The van der Waals surface area contributed by atoms with Gasteiger partial charge >= 0.3 is 0 Å². The topological polar surface area (TPSA) is 64.8 Å². The molecule has 3 rings (SSSR count). The molecule has 0 aliphatic rings. The van der Waals surface area contributed by atoms with E-state index >= 15 is 0 Å². The molecule has 2 heterocycles. The van der Waals surface area contributed by atoms with Gasteiger partial charge in [-0.15, -0.1) is 11.3 Å². The molecule has 0 N–H and O–H groups in total. The summed E-state index contributed by atoms with van der Waals surface area (Å²) in [5, 5.41) is 7.06. The maximum atomic E-state index is 12.9. The number of carbonyl (C=O) groups is 1. The Kier molecular flexibility index (Phi) is 4.11. The van der Waals surface area contributed by atoms with E-state index < -0.39 is 0 Å². The van der Waals surface area contributed by atoms with Crippen LogP contribution < -0.4 is 5.56 Å². The average molecular weight is 346 g/mol. The van der Waals surface area contributed by atoms with Crippen molar-refractivity contribution in [1.82, 2.24) is 14.8 Å². The summed E-state index contributed by atoms with van der Waals surface area (Å²) in [4.78, 5) is 29.0. The summed E-state index contributed by atoms with van der Waals surface area (Å²) in [7, 11) is 0. The number of hydrogen-bond donors (Lipinski definition) is 0. The van der Waals surface area contributed by atoms with Crippen LogP contribution in [-0.4, -0.2) is 20.5 Å². The van der Waals surface area contributed by atoms with Gasteiger partial charge in [0.2, 0.25) is 0 Å². The van der Waals surface area contributed by atoms with Crippen molar-refractivity contribution in [2.45, 2.75) is 13.8 Å². The Labute approximate surface area is 141 Å². The molecule has 3 aromatic rings. The van der Waals surface area contributed by atoms with Crippen LogP contribution in [0, 0.1) is 6.92 Å². The number of rotatable bonds is 3. The molecule has 7 heteroatoms. The zero-order valence-corrected chi connectivity index (χ0v) is 14.0. The van der Waals surface area contributed by atoms with Crippen LogP contribution in [0.1, 0.15) is 23.0 Å². The Morgan fingerprint density at radius 1 is 1.35 bits per heavy atom. The van der Waals surface area contributed by atoms with Gasteiger partial charge < -0.3 is 0 Å². The number of ketones is 1. The Morgan fingerprint density at radius 3 is 2.74 bits per heavy atom. The number of aromatic nitrogens is 3. The molecule has 0 atom stereocenters. The molecule has 116 valence electrons. The van der Waals surface area contributed by atoms with Crippen molar-refractivity contribution < 1.29 is 4.79 Å². The second-order valence-electron chi connectivity index (χ2n) is 4.94. The van der Waals surface area contributed by atoms with Crippen molar-refractivity contribution in [2.24, 2.45) is 0 Å². The first kappa shape index (κ1) is 15.6. The minimum absolute atomic E-state index is 0.212. The van der Waals surface area contributed by atoms with E-state index in [0.29, 0.717) is 26.8 Å². The summed E-state index contributed by atoms with van der Waals surface area (Å²) < 4.78 is 1.20. The molecule has 0 spiro atoms. The number of thiazole rings is 1. The van der Waals surface area contributed by atoms with Gasteiger partial charge in [-0.1, -0.05) is 17.7 Å². The van der Waals surface area contributed by atoms with Gasteiger partial charge in [0.25, 0.3) is 5.56 Å². The van der Waals surface area contributed by atoms with Crippen LogP contribution in [0.25, 0.3) is 16.3 Å². The van der Waals surface area contributed by atoms with Crippen molar-refractivity contribution >= 4 is 28.7 Å². The van der Waals surface area contributed by atoms with E-state index in [1.807, 2.05) is 0 Å². The summed E-state index contributed by atoms with van der Waals surface area (Å²) in [5.74, 6) is -0.212. The number of hydrogen-bond acceptors (Lipinski definition) is 5. The quantitative estimate of drug-likeness (QED) is 0.681. The first-order chi connectivity index (χ1) is 11.0. The van der Waals surface area contributed by atoms with Crippen molar-refractivity contribution in [2.75, 3.05) is 0 Å². The highest BCUT2D eigenvalue weighted by molar-refractivity contribution is 7.13. The zero-order valence-electron chi connectivity index (χ0n) is 12.4. The second kappa shape index (κ2) is 6.06. The maximum absolute atomic E-state index is 12.9. The monoisotopic (exact) mass is 345 g/mol. The number of nitrogens with zero attached hydrogens (tertiary/aromatic N) is 3. The predicted molar refractivity (Wildman–Crippen MR) is 90.7 cm³/mol. The molecular weight excluding hydrogens is 334 g/mol. The SMILES string of the molecule is CC(=O)c1nn(-c2cccc(Cl)c2)c(=O)c(-c2nccs2)c1C. The lowest BCUT2D eigenvalue weighted by molar-refractivity contribution is 0.101. The summed E-state index contributed by atoms with van der Waals surface area (Å²) in [5.41, 5.74) is 1.35. The molecule has 2 aromatic heterocycles. The van der Waals surface area contributed by atoms with E-state index in [2.05, 4.69) is 10.1 Å². The molecule has 0 bridgehead atoms. The third kappa shape index (κ3) is 2.83. The minimum Gasteiger partial charge on any atom is -0.293 e. The number of carbonyl (C=O) groups excluding carboxylic acids is 1. The number of Topliss-reactive ketones (excluding diaryl/α,β-unsaturated/α-hetero) is 1. The van der Waals surface area contributed by atoms with Crippen molar-refractivity contribution in [3.63, 3.8) is 0 Å². The van der Waals surface area contributed by atoms with Gasteiger partial charge in [0.1, 0.15) is 10.7 Å². The third-order valence-corrected chi connectivity index (χ3v) is 4.39. The number of halogens is 1. The van der Waals surface area contributed by atoms with Gasteiger partial charge in [-0.2, -0.15) is 9.78 Å². The second-order valence-corrected chi connectivity index (χ2v) is 6.27. The normalized spacial score (nSPS) is 10.7. The molecule has 0 saturated carbocycles. The van der Waals surface area contributed by atoms with Gasteiger partial charge in [0, 0.05) is 23.5 Å². The maximum Gasteiger partial charge on any atom is 0.282 e. The molecule has 0 unspecified atom stereocenters. The molecule has 0 radical (unpaired) electrons. The smallest absolute Gasteiger partial charge is 0.282 e. The summed E-state index contributed by atoms with van der Waals surface area (Å²) in [6, 6.07) is 6.77. The van der Waals surface area contributed by atoms with E-state index in [9.17, 15) is 9.59 Å². The van der Waals surface area contributed by atoms with Crippen LogP contribution in [0.4, 0.5) is 0 Å². The van der Waals surface area contributed by atoms with Gasteiger partial charge in [-0.25, -0.2) is 4.98 Å². The lowest BCUT2D eigenvalue weighted by Gasteiger charge is -2.12. The van der Waals surface area contributed by atoms with Crippen molar-refractivity contribution in [1.29, 1.82) is 0 Å². The molecule has 0 aliphatic heterocycles. The summed E-state index contributed by atoms with van der Waals surface area (Å²) in [6.07, 6.45) is 1.62. The lowest BCUT2D eigenvalue weighted by atomic mass is 10.1. The summed E-state index contributed by atoms with van der Waals surface area (Å²) in [6.45, 7) is 3.14. The van der Waals surface area contributed by atoms with Crippen molar-refractivity contribution in [3.8, 4) is 16.3 Å². The fourth-order valence-electron chi connectivity index (χ4n) is 2.32. The van der Waals surface area contributed by atoms with E-state index in [1.165, 1.54) is 22.9 Å². The van der Waals surface area contributed by atoms with Gasteiger partial charge in [0.15, 0.2) is 5.78 Å². The fourth-order valence-corrected chi connectivity index (χ4v) is 3.24. The van der Waals surface area contributed by atoms with Gasteiger partial charge in [-0.05, 0) is 30.7 Å². The Morgan fingerprint density at radius 2 is 2.13 bits per heavy atom. The van der Waals surface area contributed by atoms with E-state index in [1.54, 1.807) is 42.8 Å². The van der Waals surface area contributed by atoms with Crippen LogP contribution in [0.5, 0.6) is 0 Å². The van der Waals surface area contributed by atoms with E-state index in [0.717, 1.165) is 0 Å². The Bertz CT molecular complexity index is 948. The standard InChI is InChI=1S/C16H12ClN3O2S/c1-9-13(15-18-6-7-23-15)16(22)20(19-14(9)10(2)21)12-5-3-4-11(17)8-12/h3-8H,1-2H3. The van der Waals surface area contributed by atoms with Crippen LogP contribution in [0.2, 0.25) is 5.02 Å². The fraction of sp³-hybridized carbons (Fsp3) is 0.125. The van der Waals surface area contributed by atoms with Crippen LogP contribution in [0.15, 0.2) is 40.6 Å². The lowest BCUT2D eigenvalue weighted by Crippen LogP contribution is -2.27. The molecule has 0 fully saturated rings. The minimum atomic E-state index is -0.329. The van der Waals surface area contributed by atoms with E-state index in [4.69, 9.17) is 11.6 Å². The predicted octanol–water partition coefficient (Wildman–Crippen LogP) is 3.52. The average Bonchev–Trinajstić information content (AvgIpc) is 3.01.